The number of hydrogen-bond acceptors (Lipinski definition) is 4. The maximum absolute atomic E-state index is 12.1. The fraction of sp³-hybridized carbons (Fsp3) is 0.0625. The normalized spacial score (nSPS) is 10.8. The molecular weight excluding hydrogens is 335 g/mol. The van der Waals surface area contributed by atoms with Crippen molar-refractivity contribution in [3.05, 3.63) is 64.0 Å². The maximum Gasteiger partial charge on any atom is 0.267 e. The average Bonchev–Trinajstić information content (AvgIpc) is 2.53. The molecule has 0 radical (unpaired) electrons. The molecule has 2 N–H and O–H groups in total. The van der Waals surface area contributed by atoms with Crippen LogP contribution in [0.3, 0.4) is 0 Å². The number of carbonyl (C=O) groups is 1. The number of carbonyl (C=O) groups excluding carboxylic acids is 1. The lowest BCUT2D eigenvalue weighted by molar-refractivity contribution is -0.112. The Kier molecular flexibility index (Phi) is 5.58. The number of benzene rings is 1. The van der Waals surface area contributed by atoms with Gasteiger partial charge < -0.3 is 10.6 Å². The molecule has 0 fully saturated rings. The van der Waals surface area contributed by atoms with E-state index in [1.807, 2.05) is 19.1 Å². The van der Waals surface area contributed by atoms with Gasteiger partial charge in [-0.3, -0.25) is 9.78 Å². The Morgan fingerprint density at radius 3 is 2.74 bits per heavy atom. The van der Waals surface area contributed by atoms with Crippen LogP contribution < -0.4 is 10.6 Å². The SMILES string of the molecule is Cc1ccc(N/C=C(/C#N)C(=O)Nc2cc(Cl)ccc2Cl)cn1. The second kappa shape index (κ2) is 7.63. The zero-order valence-electron chi connectivity index (χ0n) is 12.1. The monoisotopic (exact) mass is 346 g/mol. The lowest BCUT2D eigenvalue weighted by Crippen LogP contribution is -2.14. The van der Waals surface area contributed by atoms with Gasteiger partial charge in [-0.1, -0.05) is 23.2 Å². The quantitative estimate of drug-likeness (QED) is 0.643. The molecule has 1 aromatic carbocycles. The minimum atomic E-state index is -0.593. The second-order valence-electron chi connectivity index (χ2n) is 4.58. The van der Waals surface area contributed by atoms with Crippen molar-refractivity contribution in [1.29, 1.82) is 5.26 Å². The molecular formula is C16H12Cl2N4O. The molecule has 23 heavy (non-hydrogen) atoms. The van der Waals surface area contributed by atoms with Crippen LogP contribution in [-0.2, 0) is 4.79 Å². The Balaban J connectivity index is 2.12. The number of nitriles is 1. The Morgan fingerprint density at radius 2 is 2.09 bits per heavy atom. The summed E-state index contributed by atoms with van der Waals surface area (Å²) in [4.78, 5) is 16.2. The standard InChI is InChI=1S/C16H12Cl2N4O/c1-10-2-4-13(9-20-10)21-8-11(7-19)16(23)22-15-6-12(17)3-5-14(15)18/h2-6,8-9,21H,1H3,(H,22,23)/b11-8-. The number of aryl methyl sites for hydroxylation is 1. The highest BCUT2D eigenvalue weighted by molar-refractivity contribution is 6.35. The highest BCUT2D eigenvalue weighted by Gasteiger charge is 2.11. The number of rotatable bonds is 4. The van der Waals surface area contributed by atoms with E-state index in [2.05, 4.69) is 15.6 Å². The van der Waals surface area contributed by atoms with E-state index < -0.39 is 5.91 Å². The van der Waals surface area contributed by atoms with Crippen LogP contribution in [0.5, 0.6) is 0 Å². The second-order valence-corrected chi connectivity index (χ2v) is 5.42. The number of pyridine rings is 1. The summed E-state index contributed by atoms with van der Waals surface area (Å²) in [5, 5.41) is 15.3. The van der Waals surface area contributed by atoms with E-state index in [4.69, 9.17) is 28.5 Å². The number of hydrogen-bond donors (Lipinski definition) is 2. The summed E-state index contributed by atoms with van der Waals surface area (Å²) in [6, 6.07) is 10.1. The van der Waals surface area contributed by atoms with Gasteiger partial charge in [0.1, 0.15) is 11.6 Å². The van der Waals surface area contributed by atoms with Crippen molar-refractivity contribution >= 4 is 40.5 Å². The van der Waals surface area contributed by atoms with Gasteiger partial charge in [-0.15, -0.1) is 0 Å². The summed E-state index contributed by atoms with van der Waals surface area (Å²) < 4.78 is 0. The van der Waals surface area contributed by atoms with Crippen molar-refractivity contribution in [1.82, 2.24) is 4.98 Å². The molecule has 7 heteroatoms. The number of aromatic nitrogens is 1. The number of nitrogens with zero attached hydrogens (tertiary/aromatic N) is 2. The summed E-state index contributed by atoms with van der Waals surface area (Å²) in [5.74, 6) is -0.593. The van der Waals surface area contributed by atoms with Crippen LogP contribution in [0.4, 0.5) is 11.4 Å². The summed E-state index contributed by atoms with van der Waals surface area (Å²) in [7, 11) is 0. The molecule has 0 saturated carbocycles. The van der Waals surface area contributed by atoms with Crippen LogP contribution in [0.2, 0.25) is 10.0 Å². The first kappa shape index (κ1) is 16.8. The molecule has 1 amide bonds. The number of halogens is 2. The van der Waals surface area contributed by atoms with E-state index in [9.17, 15) is 4.79 Å². The largest absolute Gasteiger partial charge is 0.359 e. The molecule has 116 valence electrons. The van der Waals surface area contributed by atoms with Crippen molar-refractivity contribution < 1.29 is 4.79 Å². The number of anilines is 2. The van der Waals surface area contributed by atoms with E-state index in [1.165, 1.54) is 12.3 Å². The third-order valence-electron chi connectivity index (χ3n) is 2.84. The summed E-state index contributed by atoms with van der Waals surface area (Å²) in [6.45, 7) is 1.86. The molecule has 0 unspecified atom stereocenters. The predicted molar refractivity (Wildman–Crippen MR) is 91.4 cm³/mol. The van der Waals surface area contributed by atoms with Gasteiger partial charge in [-0.25, -0.2) is 0 Å². The summed E-state index contributed by atoms with van der Waals surface area (Å²) in [6.07, 6.45) is 2.91. The van der Waals surface area contributed by atoms with Crippen LogP contribution in [0.1, 0.15) is 5.69 Å². The topological polar surface area (TPSA) is 77.8 Å². The van der Waals surface area contributed by atoms with Gasteiger partial charge >= 0.3 is 0 Å². The fourth-order valence-corrected chi connectivity index (χ4v) is 1.98. The molecule has 5 nitrogen and oxygen atoms in total. The van der Waals surface area contributed by atoms with Crippen LogP contribution >= 0.6 is 23.2 Å². The first-order chi connectivity index (χ1) is 11.0. The van der Waals surface area contributed by atoms with Gasteiger partial charge in [0, 0.05) is 16.9 Å². The van der Waals surface area contributed by atoms with E-state index >= 15 is 0 Å². The van der Waals surface area contributed by atoms with Crippen molar-refractivity contribution in [3.8, 4) is 6.07 Å². The molecule has 0 spiro atoms. The lowest BCUT2D eigenvalue weighted by Gasteiger charge is -2.07. The van der Waals surface area contributed by atoms with Crippen LogP contribution in [0.15, 0.2) is 48.3 Å². The number of amides is 1. The zero-order valence-corrected chi connectivity index (χ0v) is 13.6. The van der Waals surface area contributed by atoms with Gasteiger partial charge in [0.05, 0.1) is 22.6 Å². The summed E-state index contributed by atoms with van der Waals surface area (Å²) >= 11 is 11.8. The molecule has 1 heterocycles. The Morgan fingerprint density at radius 1 is 1.30 bits per heavy atom. The third kappa shape index (κ3) is 4.71. The van der Waals surface area contributed by atoms with Gasteiger partial charge in [-0.2, -0.15) is 5.26 Å². The van der Waals surface area contributed by atoms with E-state index in [1.54, 1.807) is 24.4 Å². The van der Waals surface area contributed by atoms with Crippen molar-refractivity contribution in [3.63, 3.8) is 0 Å². The first-order valence-corrected chi connectivity index (χ1v) is 7.31. The Bertz CT molecular complexity index is 795. The van der Waals surface area contributed by atoms with Crippen molar-refractivity contribution in [2.75, 3.05) is 10.6 Å². The summed E-state index contributed by atoms with van der Waals surface area (Å²) in [5.41, 5.74) is 1.76. The predicted octanol–water partition coefficient (Wildman–Crippen LogP) is 4.15. The highest BCUT2D eigenvalue weighted by Crippen LogP contribution is 2.25. The van der Waals surface area contributed by atoms with Gasteiger partial charge in [0.15, 0.2) is 0 Å². The van der Waals surface area contributed by atoms with E-state index in [-0.39, 0.29) is 5.57 Å². The molecule has 0 aliphatic carbocycles. The molecule has 0 aliphatic heterocycles. The van der Waals surface area contributed by atoms with Crippen LogP contribution in [0.25, 0.3) is 0 Å². The van der Waals surface area contributed by atoms with Gasteiger partial charge in [-0.05, 0) is 37.3 Å². The van der Waals surface area contributed by atoms with Crippen molar-refractivity contribution in [2.24, 2.45) is 0 Å². The Labute approximate surface area is 143 Å². The molecule has 1 aromatic heterocycles. The highest BCUT2D eigenvalue weighted by atomic mass is 35.5. The van der Waals surface area contributed by atoms with Crippen LogP contribution in [0, 0.1) is 18.3 Å². The minimum Gasteiger partial charge on any atom is -0.359 e. The first-order valence-electron chi connectivity index (χ1n) is 6.55. The minimum absolute atomic E-state index is 0.110. The molecule has 2 rings (SSSR count). The molecule has 0 atom stereocenters. The maximum atomic E-state index is 12.1. The van der Waals surface area contributed by atoms with E-state index in [0.29, 0.717) is 21.4 Å². The smallest absolute Gasteiger partial charge is 0.267 e. The van der Waals surface area contributed by atoms with E-state index in [0.717, 1.165) is 5.69 Å². The van der Waals surface area contributed by atoms with Gasteiger partial charge in [0.2, 0.25) is 0 Å². The fourth-order valence-electron chi connectivity index (χ4n) is 1.64. The third-order valence-corrected chi connectivity index (χ3v) is 3.40. The molecule has 0 saturated heterocycles. The average molecular weight is 347 g/mol. The van der Waals surface area contributed by atoms with Crippen molar-refractivity contribution in [2.45, 2.75) is 6.92 Å². The number of nitrogens with one attached hydrogen (secondary N) is 2. The Hall–Kier alpha value is -2.55. The van der Waals surface area contributed by atoms with Crippen LogP contribution in [-0.4, -0.2) is 10.9 Å². The van der Waals surface area contributed by atoms with Gasteiger partial charge in [0.25, 0.3) is 5.91 Å². The molecule has 0 aliphatic rings. The zero-order chi connectivity index (χ0) is 16.8. The molecule has 0 bridgehead atoms. The lowest BCUT2D eigenvalue weighted by atomic mass is 10.2. The molecule has 2 aromatic rings.